The number of carbonyl (C=O) groups is 1. The van der Waals surface area contributed by atoms with Gasteiger partial charge in [-0.1, -0.05) is 48.4 Å². The number of carbonyl (C=O) groups excluding carboxylic acids is 1. The Morgan fingerprint density at radius 3 is 2.41 bits per heavy atom. The highest BCUT2D eigenvalue weighted by molar-refractivity contribution is 7.80. The highest BCUT2D eigenvalue weighted by atomic mass is 32.1. The molecule has 1 saturated carbocycles. The minimum absolute atomic E-state index is 0.123. The van der Waals surface area contributed by atoms with Crippen molar-refractivity contribution in [3.05, 3.63) is 71.0 Å². The van der Waals surface area contributed by atoms with Crippen LogP contribution in [0.1, 0.15) is 48.8 Å². The van der Waals surface area contributed by atoms with E-state index in [0.717, 1.165) is 31.7 Å². The van der Waals surface area contributed by atoms with E-state index >= 15 is 0 Å². The molecule has 1 saturated heterocycles. The molecule has 34 heavy (non-hydrogen) atoms. The molecule has 182 valence electrons. The molecule has 1 heterocycles. The standard InChI is InChI=1S/C27H35FN4OS/c1-21-5-7-23(8-6-21)19-32-16-15-31(20-27(32)13-3-2-4-14-27)26(34)30-18-25(33)29-17-22-9-11-24(28)12-10-22/h5-12H,2-4,13-20H2,1H3,(H,29,33)(H,30,34)/p+1. The van der Waals surface area contributed by atoms with Crippen LogP contribution in [0, 0.1) is 12.7 Å². The first-order valence-electron chi connectivity index (χ1n) is 12.4. The first kappa shape index (κ1) is 24.6. The lowest BCUT2D eigenvalue weighted by Crippen LogP contribution is -3.22. The number of hydrogen-bond donors (Lipinski definition) is 3. The summed E-state index contributed by atoms with van der Waals surface area (Å²) in [7, 11) is 0. The number of halogens is 1. The molecule has 4 rings (SSSR count). The number of nitrogens with zero attached hydrogens (tertiary/aromatic N) is 1. The molecule has 2 aromatic carbocycles. The van der Waals surface area contributed by atoms with E-state index in [1.165, 1.54) is 55.4 Å². The van der Waals surface area contributed by atoms with E-state index in [9.17, 15) is 9.18 Å². The number of aryl methyl sites for hydroxylation is 1. The van der Waals surface area contributed by atoms with Crippen molar-refractivity contribution in [2.75, 3.05) is 26.2 Å². The Morgan fingerprint density at radius 1 is 1.03 bits per heavy atom. The van der Waals surface area contributed by atoms with E-state index in [1.54, 1.807) is 17.0 Å². The van der Waals surface area contributed by atoms with Crippen molar-refractivity contribution in [3.63, 3.8) is 0 Å². The summed E-state index contributed by atoms with van der Waals surface area (Å²) >= 11 is 5.70. The average molecular weight is 484 g/mol. The number of thiocarbonyl (C=S) groups is 1. The van der Waals surface area contributed by atoms with Crippen LogP contribution in [0.5, 0.6) is 0 Å². The summed E-state index contributed by atoms with van der Waals surface area (Å²) < 4.78 is 13.0. The summed E-state index contributed by atoms with van der Waals surface area (Å²) in [5.41, 5.74) is 3.79. The third-order valence-corrected chi connectivity index (χ3v) is 7.77. The van der Waals surface area contributed by atoms with Crippen LogP contribution in [-0.2, 0) is 17.9 Å². The lowest BCUT2D eigenvalue weighted by atomic mass is 9.78. The van der Waals surface area contributed by atoms with Crippen LogP contribution < -0.4 is 15.5 Å². The molecule has 7 heteroatoms. The minimum atomic E-state index is -0.279. The predicted octanol–water partition coefficient (Wildman–Crippen LogP) is 2.73. The van der Waals surface area contributed by atoms with Gasteiger partial charge in [-0.3, -0.25) is 4.79 Å². The second-order valence-corrected chi connectivity index (χ2v) is 10.2. The van der Waals surface area contributed by atoms with Gasteiger partial charge in [-0.25, -0.2) is 4.39 Å². The van der Waals surface area contributed by atoms with E-state index in [4.69, 9.17) is 12.2 Å². The first-order valence-corrected chi connectivity index (χ1v) is 12.8. The number of hydrogen-bond acceptors (Lipinski definition) is 2. The molecule has 1 atom stereocenters. The molecule has 2 aliphatic rings. The molecular formula is C27H36FN4OS+. The molecular weight excluding hydrogens is 447 g/mol. The van der Waals surface area contributed by atoms with E-state index < -0.39 is 0 Å². The molecule has 5 nitrogen and oxygen atoms in total. The molecule has 1 aliphatic carbocycles. The quantitative estimate of drug-likeness (QED) is 0.553. The van der Waals surface area contributed by atoms with E-state index in [-0.39, 0.29) is 23.8 Å². The average Bonchev–Trinajstić information content (AvgIpc) is 2.85. The Kier molecular flexibility index (Phi) is 8.16. The van der Waals surface area contributed by atoms with Crippen molar-refractivity contribution < 1.29 is 14.1 Å². The molecule has 3 N–H and O–H groups in total. The van der Waals surface area contributed by atoms with Gasteiger partial charge in [0.1, 0.15) is 17.9 Å². The van der Waals surface area contributed by atoms with Crippen LogP contribution in [0.2, 0.25) is 0 Å². The van der Waals surface area contributed by atoms with Crippen molar-refractivity contribution >= 4 is 23.2 Å². The molecule has 1 spiro atoms. The largest absolute Gasteiger partial charge is 0.353 e. The van der Waals surface area contributed by atoms with Crippen LogP contribution in [-0.4, -0.2) is 47.6 Å². The maximum atomic E-state index is 13.0. The summed E-state index contributed by atoms with van der Waals surface area (Å²) in [5, 5.41) is 6.70. The Hall–Kier alpha value is -2.51. The molecule has 0 bridgehead atoms. The Balaban J connectivity index is 1.30. The van der Waals surface area contributed by atoms with Crippen LogP contribution in [0.25, 0.3) is 0 Å². The Bertz CT molecular complexity index is 973. The fraction of sp³-hybridized carbons (Fsp3) is 0.481. The normalized spacial score (nSPS) is 19.6. The second-order valence-electron chi connectivity index (χ2n) is 9.84. The van der Waals surface area contributed by atoms with E-state index in [2.05, 4.69) is 46.7 Å². The maximum Gasteiger partial charge on any atom is 0.239 e. The summed E-state index contributed by atoms with van der Waals surface area (Å²) in [4.78, 5) is 16.3. The van der Waals surface area contributed by atoms with Crippen molar-refractivity contribution in [3.8, 4) is 0 Å². The van der Waals surface area contributed by atoms with Gasteiger partial charge in [0.2, 0.25) is 5.91 Å². The molecule has 1 amide bonds. The molecule has 1 aliphatic heterocycles. The lowest BCUT2D eigenvalue weighted by molar-refractivity contribution is -0.971. The van der Waals surface area contributed by atoms with Crippen LogP contribution >= 0.6 is 12.2 Å². The van der Waals surface area contributed by atoms with Gasteiger partial charge in [-0.2, -0.15) is 0 Å². The molecule has 0 radical (unpaired) electrons. The molecule has 2 aromatic rings. The van der Waals surface area contributed by atoms with Crippen molar-refractivity contribution in [1.29, 1.82) is 0 Å². The summed E-state index contributed by atoms with van der Waals surface area (Å²) in [5.74, 6) is -0.402. The minimum Gasteiger partial charge on any atom is -0.353 e. The van der Waals surface area contributed by atoms with Gasteiger partial charge in [-0.15, -0.1) is 0 Å². The summed E-state index contributed by atoms with van der Waals surface area (Å²) in [6, 6.07) is 15.1. The van der Waals surface area contributed by atoms with Gasteiger partial charge < -0.3 is 20.4 Å². The fourth-order valence-corrected chi connectivity index (χ4v) is 5.59. The highest BCUT2D eigenvalue weighted by Gasteiger charge is 2.46. The number of nitrogens with one attached hydrogen (secondary N) is 3. The molecule has 2 fully saturated rings. The monoisotopic (exact) mass is 483 g/mol. The van der Waals surface area contributed by atoms with Gasteiger partial charge in [0.05, 0.1) is 26.2 Å². The summed E-state index contributed by atoms with van der Waals surface area (Å²) in [6.45, 7) is 6.59. The van der Waals surface area contributed by atoms with Crippen molar-refractivity contribution in [1.82, 2.24) is 15.5 Å². The number of rotatable bonds is 6. The van der Waals surface area contributed by atoms with E-state index in [1.807, 2.05) is 0 Å². The third kappa shape index (κ3) is 6.33. The van der Waals surface area contributed by atoms with Gasteiger partial charge in [0.15, 0.2) is 5.11 Å². The topological polar surface area (TPSA) is 48.8 Å². The highest BCUT2D eigenvalue weighted by Crippen LogP contribution is 2.28. The van der Waals surface area contributed by atoms with Gasteiger partial charge in [0.25, 0.3) is 0 Å². The van der Waals surface area contributed by atoms with Crippen LogP contribution in [0.3, 0.4) is 0 Å². The van der Waals surface area contributed by atoms with Gasteiger partial charge >= 0.3 is 0 Å². The smallest absolute Gasteiger partial charge is 0.239 e. The number of quaternary nitrogens is 1. The Morgan fingerprint density at radius 2 is 1.71 bits per heavy atom. The van der Waals surface area contributed by atoms with Gasteiger partial charge in [0, 0.05) is 24.9 Å². The number of amides is 1. The Labute approximate surface area is 207 Å². The number of piperazine rings is 1. The SMILES string of the molecule is Cc1ccc(C[NH+]2CCN(C(=S)NCC(=O)NCc3ccc(F)cc3)CC23CCCCC3)cc1. The van der Waals surface area contributed by atoms with Crippen LogP contribution in [0.4, 0.5) is 4.39 Å². The second kappa shape index (κ2) is 11.3. The molecule has 0 aromatic heterocycles. The zero-order valence-corrected chi connectivity index (χ0v) is 20.9. The van der Waals surface area contributed by atoms with Crippen molar-refractivity contribution in [2.24, 2.45) is 0 Å². The lowest BCUT2D eigenvalue weighted by Gasteiger charge is -2.50. The summed E-state index contributed by atoms with van der Waals surface area (Å²) in [6.07, 6.45) is 6.32. The zero-order chi connectivity index (χ0) is 24.0. The van der Waals surface area contributed by atoms with Crippen LogP contribution in [0.15, 0.2) is 48.5 Å². The maximum absolute atomic E-state index is 13.0. The van der Waals surface area contributed by atoms with Crippen molar-refractivity contribution in [2.45, 2.75) is 57.7 Å². The fourth-order valence-electron chi connectivity index (χ4n) is 5.37. The predicted molar refractivity (Wildman–Crippen MR) is 137 cm³/mol. The molecule has 1 unspecified atom stereocenters. The zero-order valence-electron chi connectivity index (χ0n) is 20.0. The van der Waals surface area contributed by atoms with E-state index in [0.29, 0.717) is 11.7 Å². The first-order chi connectivity index (χ1) is 16.4. The third-order valence-electron chi connectivity index (χ3n) is 7.37. The number of benzene rings is 2. The van der Waals surface area contributed by atoms with Gasteiger partial charge in [-0.05, 0) is 49.7 Å².